The molecular weight excluding hydrogens is 314 g/mol. The molecule has 1 aromatic rings. The molecule has 23 heavy (non-hydrogen) atoms. The summed E-state index contributed by atoms with van der Waals surface area (Å²) in [6.45, 7) is 1.05. The average Bonchev–Trinajstić information content (AvgIpc) is 2.86. The Labute approximate surface area is 142 Å². The van der Waals surface area contributed by atoms with Crippen LogP contribution in [0.25, 0.3) is 0 Å². The summed E-state index contributed by atoms with van der Waals surface area (Å²) in [4.78, 5) is 2.42. The Morgan fingerprint density at radius 2 is 2.17 bits per heavy atom. The molecular formula is C18H22ClNO3. The number of likely N-dealkylation sites (N-methyl/N-ethyl adjacent to an activating group) is 1. The van der Waals surface area contributed by atoms with Crippen LogP contribution in [0.3, 0.4) is 0 Å². The van der Waals surface area contributed by atoms with Gasteiger partial charge in [-0.15, -0.1) is 12.4 Å². The monoisotopic (exact) mass is 335 g/mol. The number of piperidine rings is 1. The lowest BCUT2D eigenvalue weighted by Crippen LogP contribution is -2.65. The van der Waals surface area contributed by atoms with Crippen molar-refractivity contribution in [2.75, 3.05) is 20.7 Å². The van der Waals surface area contributed by atoms with Crippen LogP contribution in [-0.2, 0) is 11.8 Å². The lowest BCUT2D eigenvalue weighted by molar-refractivity contribution is -0.0575. The highest BCUT2D eigenvalue weighted by atomic mass is 35.5. The average molecular weight is 336 g/mol. The van der Waals surface area contributed by atoms with Crippen LogP contribution in [0.15, 0.2) is 24.3 Å². The van der Waals surface area contributed by atoms with Gasteiger partial charge in [-0.2, -0.15) is 0 Å². The van der Waals surface area contributed by atoms with Crippen LogP contribution in [0.4, 0.5) is 0 Å². The van der Waals surface area contributed by atoms with Gasteiger partial charge >= 0.3 is 0 Å². The molecule has 0 unspecified atom stereocenters. The highest BCUT2D eigenvalue weighted by molar-refractivity contribution is 5.85. The Morgan fingerprint density at radius 3 is 2.96 bits per heavy atom. The van der Waals surface area contributed by atoms with E-state index in [1.165, 1.54) is 11.1 Å². The van der Waals surface area contributed by atoms with E-state index in [0.717, 1.165) is 30.9 Å². The maximum Gasteiger partial charge on any atom is 0.166 e. The highest BCUT2D eigenvalue weighted by Gasteiger charge is 2.64. The lowest BCUT2D eigenvalue weighted by Gasteiger charge is -2.57. The number of hydrogen-bond acceptors (Lipinski definition) is 4. The SMILES string of the molecule is COc1ccc2c3c1O[C@H]1C=C[C@H](O)[C@H]4[C@H](C2)N(C)CC[C@@]341.Cl. The lowest BCUT2D eigenvalue weighted by atomic mass is 9.52. The van der Waals surface area contributed by atoms with E-state index in [1.54, 1.807) is 7.11 Å². The molecule has 4 nitrogen and oxygen atoms in total. The normalized spacial score (nSPS) is 39.3. The molecule has 1 N–H and O–H groups in total. The third-order valence-corrected chi connectivity index (χ3v) is 6.38. The molecule has 1 saturated heterocycles. The predicted molar refractivity (Wildman–Crippen MR) is 89.7 cm³/mol. The van der Waals surface area contributed by atoms with E-state index < -0.39 is 6.10 Å². The highest BCUT2D eigenvalue weighted by Crippen LogP contribution is 2.62. The van der Waals surface area contributed by atoms with Crippen LogP contribution >= 0.6 is 12.4 Å². The third-order valence-electron chi connectivity index (χ3n) is 6.38. The van der Waals surface area contributed by atoms with E-state index in [0.29, 0.717) is 6.04 Å². The zero-order valence-electron chi connectivity index (χ0n) is 13.4. The standard InChI is InChI=1S/C18H21NO3.ClH/c1-19-8-7-18-14-6-4-12(20)16(18)11(19)9-10-3-5-13(21-2)17(22-14)15(10)18;/h3-6,11-12,14,16,20H,7-9H2,1-2H3;1H/t11-,12-,14-,16+,18+;/m0./s1. The third kappa shape index (κ3) is 1.64. The zero-order valence-corrected chi connectivity index (χ0v) is 14.2. The Balaban J connectivity index is 0.00000135. The first-order valence-corrected chi connectivity index (χ1v) is 8.10. The van der Waals surface area contributed by atoms with Gasteiger partial charge in [0.25, 0.3) is 0 Å². The molecule has 124 valence electrons. The van der Waals surface area contributed by atoms with Crippen LogP contribution < -0.4 is 9.47 Å². The van der Waals surface area contributed by atoms with Crippen molar-refractivity contribution in [3.05, 3.63) is 35.4 Å². The smallest absolute Gasteiger partial charge is 0.166 e. The van der Waals surface area contributed by atoms with E-state index in [2.05, 4.69) is 24.1 Å². The quantitative estimate of drug-likeness (QED) is 0.796. The van der Waals surface area contributed by atoms with E-state index in [4.69, 9.17) is 9.47 Å². The molecule has 4 aliphatic rings. The van der Waals surface area contributed by atoms with Crippen LogP contribution in [0.2, 0.25) is 0 Å². The summed E-state index contributed by atoms with van der Waals surface area (Å²) in [5.74, 6) is 1.94. The van der Waals surface area contributed by atoms with Crippen molar-refractivity contribution in [1.29, 1.82) is 0 Å². The number of hydrogen-bond donors (Lipinski definition) is 1. The molecule has 0 amide bonds. The molecule has 2 heterocycles. The van der Waals surface area contributed by atoms with E-state index in [1.807, 2.05) is 12.1 Å². The maximum atomic E-state index is 10.7. The molecule has 5 heteroatoms. The van der Waals surface area contributed by atoms with Crippen molar-refractivity contribution in [3.63, 3.8) is 0 Å². The number of nitrogens with zero attached hydrogens (tertiary/aromatic N) is 1. The minimum absolute atomic E-state index is 0. The summed E-state index contributed by atoms with van der Waals surface area (Å²) in [6, 6.07) is 4.60. The van der Waals surface area contributed by atoms with Crippen molar-refractivity contribution in [2.45, 2.75) is 36.5 Å². The van der Waals surface area contributed by atoms with Gasteiger partial charge in [0.1, 0.15) is 6.10 Å². The number of rotatable bonds is 1. The Kier molecular flexibility index (Phi) is 3.25. The number of aliphatic hydroxyl groups is 1. The number of benzene rings is 1. The fraction of sp³-hybridized carbons (Fsp3) is 0.556. The summed E-state index contributed by atoms with van der Waals surface area (Å²) < 4.78 is 11.9. The first-order chi connectivity index (χ1) is 10.7. The minimum Gasteiger partial charge on any atom is -0.493 e. The van der Waals surface area contributed by atoms with Gasteiger partial charge in [0, 0.05) is 22.9 Å². The van der Waals surface area contributed by atoms with Gasteiger partial charge in [-0.25, -0.2) is 0 Å². The molecule has 1 spiro atoms. The first kappa shape index (κ1) is 15.3. The Bertz CT molecular complexity index is 691. The van der Waals surface area contributed by atoms with Crippen molar-refractivity contribution in [2.24, 2.45) is 5.92 Å². The second-order valence-electron chi connectivity index (χ2n) is 7.11. The van der Waals surface area contributed by atoms with Gasteiger partial charge in [0.15, 0.2) is 11.5 Å². The first-order valence-electron chi connectivity index (χ1n) is 8.10. The second-order valence-corrected chi connectivity index (χ2v) is 7.11. The molecule has 0 aromatic heterocycles. The van der Waals surface area contributed by atoms with E-state index in [9.17, 15) is 5.11 Å². The van der Waals surface area contributed by atoms with E-state index >= 15 is 0 Å². The van der Waals surface area contributed by atoms with Crippen LogP contribution in [0, 0.1) is 5.92 Å². The molecule has 0 saturated carbocycles. The van der Waals surface area contributed by atoms with Gasteiger partial charge < -0.3 is 19.5 Å². The topological polar surface area (TPSA) is 41.9 Å². The van der Waals surface area contributed by atoms with Gasteiger partial charge in [-0.1, -0.05) is 12.1 Å². The Morgan fingerprint density at radius 1 is 1.35 bits per heavy atom. The minimum atomic E-state index is -0.391. The summed E-state index contributed by atoms with van der Waals surface area (Å²) in [6.07, 6.45) is 5.65. The number of likely N-dealkylation sites (tertiary alicyclic amines) is 1. The fourth-order valence-corrected chi connectivity index (χ4v) is 5.46. The largest absolute Gasteiger partial charge is 0.493 e. The molecule has 2 aliphatic heterocycles. The second kappa shape index (κ2) is 4.88. The maximum absolute atomic E-state index is 10.7. The molecule has 1 fully saturated rings. The van der Waals surface area contributed by atoms with Crippen molar-refractivity contribution in [3.8, 4) is 11.5 Å². The number of halogens is 1. The molecule has 2 bridgehead atoms. The van der Waals surface area contributed by atoms with Gasteiger partial charge in [0.05, 0.1) is 13.2 Å². The van der Waals surface area contributed by atoms with E-state index in [-0.39, 0.29) is 29.8 Å². The summed E-state index contributed by atoms with van der Waals surface area (Å²) >= 11 is 0. The molecule has 5 rings (SSSR count). The van der Waals surface area contributed by atoms with Crippen molar-refractivity contribution < 1.29 is 14.6 Å². The summed E-state index contributed by atoms with van der Waals surface area (Å²) in [7, 11) is 3.88. The Hall–Kier alpha value is -1.23. The fourth-order valence-electron chi connectivity index (χ4n) is 5.46. The summed E-state index contributed by atoms with van der Waals surface area (Å²) in [5.41, 5.74) is 2.60. The number of aliphatic hydroxyl groups excluding tert-OH is 1. The van der Waals surface area contributed by atoms with Crippen molar-refractivity contribution >= 4 is 12.4 Å². The van der Waals surface area contributed by atoms with Gasteiger partial charge in [-0.05, 0) is 44.1 Å². The van der Waals surface area contributed by atoms with Crippen molar-refractivity contribution in [1.82, 2.24) is 4.90 Å². The molecule has 1 aromatic carbocycles. The van der Waals surface area contributed by atoms with Crippen LogP contribution in [0.5, 0.6) is 11.5 Å². The molecule has 0 radical (unpaired) electrons. The zero-order chi connectivity index (χ0) is 15.1. The predicted octanol–water partition coefficient (Wildman–Crippen LogP) is 1.92. The van der Waals surface area contributed by atoms with Gasteiger partial charge in [0.2, 0.25) is 0 Å². The van der Waals surface area contributed by atoms with Gasteiger partial charge in [-0.3, -0.25) is 0 Å². The molecule has 2 aliphatic carbocycles. The summed E-state index contributed by atoms with van der Waals surface area (Å²) in [5, 5.41) is 10.7. The van der Waals surface area contributed by atoms with Crippen LogP contribution in [-0.4, -0.2) is 49.0 Å². The number of methoxy groups -OCH3 is 1. The number of ether oxygens (including phenoxy) is 2. The van der Waals surface area contributed by atoms with Crippen LogP contribution in [0.1, 0.15) is 17.5 Å². The molecule has 5 atom stereocenters.